The molecule has 0 atom stereocenters. The molecule has 150 valence electrons. The van der Waals surface area contributed by atoms with Crippen LogP contribution in [0.5, 0.6) is 5.75 Å². The van der Waals surface area contributed by atoms with Crippen molar-refractivity contribution in [3.8, 4) is 17.1 Å². The molecule has 11 heteroatoms. The largest absolute Gasteiger partial charge is 0.494 e. The lowest BCUT2D eigenvalue weighted by Gasteiger charge is -2.14. The Morgan fingerprint density at radius 2 is 1.97 bits per heavy atom. The standard InChI is InChI=1S/C18H14F3N5O3/c1-10-6-12(14(29-2)7-13(10)26(27)28)23-16-8-15(18(19,20)21)24-17(25-16)11-4-3-5-22-9-11/h3-9H,1-2H3,(H,23,24,25). The van der Waals surface area contributed by atoms with Crippen LogP contribution in [-0.4, -0.2) is 27.0 Å². The van der Waals surface area contributed by atoms with Crippen molar-refractivity contribution in [2.24, 2.45) is 0 Å². The third-order valence-corrected chi connectivity index (χ3v) is 3.91. The zero-order valence-corrected chi connectivity index (χ0v) is 15.2. The van der Waals surface area contributed by atoms with Gasteiger partial charge >= 0.3 is 6.18 Å². The van der Waals surface area contributed by atoms with Crippen molar-refractivity contribution in [1.29, 1.82) is 0 Å². The lowest BCUT2D eigenvalue weighted by atomic mass is 10.1. The molecule has 1 N–H and O–H groups in total. The number of halogens is 3. The summed E-state index contributed by atoms with van der Waals surface area (Å²) in [6.07, 6.45) is -1.89. The third-order valence-electron chi connectivity index (χ3n) is 3.91. The summed E-state index contributed by atoms with van der Waals surface area (Å²) < 4.78 is 45.1. The summed E-state index contributed by atoms with van der Waals surface area (Å²) in [5.41, 5.74) is -0.502. The Labute approximate surface area is 162 Å². The maximum Gasteiger partial charge on any atom is 0.433 e. The predicted molar refractivity (Wildman–Crippen MR) is 97.9 cm³/mol. The van der Waals surface area contributed by atoms with Gasteiger partial charge in [0.1, 0.15) is 11.6 Å². The number of hydrogen-bond acceptors (Lipinski definition) is 7. The number of nitrogens with one attached hydrogen (secondary N) is 1. The molecule has 0 radical (unpaired) electrons. The quantitative estimate of drug-likeness (QED) is 0.491. The molecule has 3 rings (SSSR count). The summed E-state index contributed by atoms with van der Waals surface area (Å²) in [7, 11) is 1.29. The Hall–Kier alpha value is -3.76. The predicted octanol–water partition coefficient (Wildman–Crippen LogP) is 4.53. The maximum atomic E-state index is 13.3. The van der Waals surface area contributed by atoms with Gasteiger partial charge in [0.25, 0.3) is 5.69 Å². The first-order valence-corrected chi connectivity index (χ1v) is 8.15. The highest BCUT2D eigenvalue weighted by atomic mass is 19.4. The second-order valence-corrected chi connectivity index (χ2v) is 5.92. The molecule has 8 nitrogen and oxygen atoms in total. The molecule has 2 aromatic heterocycles. The number of rotatable bonds is 5. The molecular weight excluding hydrogens is 391 g/mol. The molecule has 29 heavy (non-hydrogen) atoms. The first-order valence-electron chi connectivity index (χ1n) is 8.15. The second-order valence-electron chi connectivity index (χ2n) is 5.92. The molecule has 3 aromatic rings. The van der Waals surface area contributed by atoms with E-state index in [1.807, 2.05) is 0 Å². The van der Waals surface area contributed by atoms with Crippen LogP contribution >= 0.6 is 0 Å². The van der Waals surface area contributed by atoms with Crippen molar-refractivity contribution in [2.45, 2.75) is 13.1 Å². The molecule has 0 saturated carbocycles. The van der Waals surface area contributed by atoms with Crippen molar-refractivity contribution in [3.05, 3.63) is 64.1 Å². The van der Waals surface area contributed by atoms with Crippen LogP contribution in [0.4, 0.5) is 30.4 Å². The number of ether oxygens (including phenoxy) is 1. The third kappa shape index (κ3) is 4.39. The van der Waals surface area contributed by atoms with Crippen LogP contribution in [0.2, 0.25) is 0 Å². The normalized spacial score (nSPS) is 11.2. The number of hydrogen-bond donors (Lipinski definition) is 1. The maximum absolute atomic E-state index is 13.3. The number of nitro groups is 1. The van der Waals surface area contributed by atoms with Crippen LogP contribution in [-0.2, 0) is 6.18 Å². The van der Waals surface area contributed by atoms with Gasteiger partial charge in [0.2, 0.25) is 0 Å². The van der Waals surface area contributed by atoms with Crippen molar-refractivity contribution >= 4 is 17.2 Å². The SMILES string of the molecule is COc1cc([N+](=O)[O-])c(C)cc1Nc1cc(C(F)(F)F)nc(-c2cccnc2)n1. The van der Waals surface area contributed by atoms with Crippen molar-refractivity contribution < 1.29 is 22.8 Å². The van der Waals surface area contributed by atoms with Crippen LogP contribution < -0.4 is 10.1 Å². The summed E-state index contributed by atoms with van der Waals surface area (Å²) in [6.45, 7) is 1.50. The number of aromatic nitrogens is 3. The van der Waals surface area contributed by atoms with Crippen molar-refractivity contribution in [3.63, 3.8) is 0 Å². The van der Waals surface area contributed by atoms with Crippen LogP contribution in [0.25, 0.3) is 11.4 Å². The van der Waals surface area contributed by atoms with E-state index in [1.54, 1.807) is 6.07 Å². The van der Waals surface area contributed by atoms with Gasteiger partial charge < -0.3 is 10.1 Å². The average Bonchev–Trinajstić information content (AvgIpc) is 2.67. The summed E-state index contributed by atoms with van der Waals surface area (Å²) in [6, 6.07) is 6.41. The minimum Gasteiger partial charge on any atom is -0.494 e. The summed E-state index contributed by atoms with van der Waals surface area (Å²) in [5, 5.41) is 13.8. The lowest BCUT2D eigenvalue weighted by molar-refractivity contribution is -0.385. The van der Waals surface area contributed by atoms with Gasteiger partial charge in [-0.3, -0.25) is 15.1 Å². The minimum atomic E-state index is -4.70. The van der Waals surface area contributed by atoms with Gasteiger partial charge in [-0.15, -0.1) is 0 Å². The highest BCUT2D eigenvalue weighted by molar-refractivity contribution is 5.70. The van der Waals surface area contributed by atoms with E-state index in [0.717, 1.165) is 6.07 Å². The van der Waals surface area contributed by atoms with Crippen LogP contribution in [0.3, 0.4) is 0 Å². The second kappa shape index (κ2) is 7.70. The lowest BCUT2D eigenvalue weighted by Crippen LogP contribution is -2.11. The fraction of sp³-hybridized carbons (Fsp3) is 0.167. The molecule has 0 unspecified atom stereocenters. The van der Waals surface area contributed by atoms with E-state index in [1.165, 1.54) is 44.6 Å². The monoisotopic (exact) mass is 405 g/mol. The molecule has 2 heterocycles. The Kier molecular flexibility index (Phi) is 5.31. The topological polar surface area (TPSA) is 103 Å². The van der Waals surface area contributed by atoms with E-state index in [-0.39, 0.29) is 28.8 Å². The number of nitrogens with zero attached hydrogens (tertiary/aromatic N) is 4. The van der Waals surface area contributed by atoms with E-state index >= 15 is 0 Å². The van der Waals surface area contributed by atoms with Gasteiger partial charge in [0.15, 0.2) is 11.5 Å². The molecule has 0 aliphatic heterocycles. The van der Waals surface area contributed by atoms with Crippen LogP contribution in [0.15, 0.2) is 42.7 Å². The van der Waals surface area contributed by atoms with Gasteiger partial charge in [-0.2, -0.15) is 13.2 Å². The molecule has 0 amide bonds. The number of aryl methyl sites for hydroxylation is 1. The van der Waals surface area contributed by atoms with Crippen molar-refractivity contribution in [1.82, 2.24) is 15.0 Å². The Balaban J connectivity index is 2.10. The van der Waals surface area contributed by atoms with Gasteiger partial charge in [-0.1, -0.05) is 0 Å². The molecular formula is C18H14F3N5O3. The first kappa shape index (κ1) is 20.0. The number of benzene rings is 1. The molecule has 0 bridgehead atoms. The molecule has 0 spiro atoms. The Morgan fingerprint density at radius 3 is 2.55 bits per heavy atom. The van der Waals surface area contributed by atoms with Crippen LogP contribution in [0, 0.1) is 17.0 Å². The molecule has 0 aliphatic rings. The highest BCUT2D eigenvalue weighted by Gasteiger charge is 2.34. The zero-order chi connectivity index (χ0) is 21.2. The van der Waals surface area contributed by atoms with Crippen molar-refractivity contribution in [2.75, 3.05) is 12.4 Å². The van der Waals surface area contributed by atoms with E-state index in [4.69, 9.17) is 4.74 Å². The molecule has 0 fully saturated rings. The molecule has 1 aromatic carbocycles. The number of methoxy groups -OCH3 is 1. The smallest absolute Gasteiger partial charge is 0.433 e. The summed E-state index contributed by atoms with van der Waals surface area (Å²) >= 11 is 0. The van der Waals surface area contributed by atoms with Gasteiger partial charge in [0, 0.05) is 29.6 Å². The van der Waals surface area contributed by atoms with E-state index in [2.05, 4.69) is 20.3 Å². The average molecular weight is 405 g/mol. The Bertz CT molecular complexity index is 1060. The fourth-order valence-corrected chi connectivity index (χ4v) is 2.56. The molecule has 0 saturated heterocycles. The zero-order valence-electron chi connectivity index (χ0n) is 15.2. The Morgan fingerprint density at radius 1 is 1.21 bits per heavy atom. The number of nitro benzene ring substituents is 1. The fourth-order valence-electron chi connectivity index (χ4n) is 2.56. The first-order chi connectivity index (χ1) is 13.7. The molecule has 0 aliphatic carbocycles. The van der Waals surface area contributed by atoms with Gasteiger partial charge in [0.05, 0.1) is 23.8 Å². The summed E-state index contributed by atoms with van der Waals surface area (Å²) in [4.78, 5) is 22.1. The van der Waals surface area contributed by atoms with Gasteiger partial charge in [-0.25, -0.2) is 9.97 Å². The van der Waals surface area contributed by atoms with Gasteiger partial charge in [-0.05, 0) is 25.1 Å². The number of alkyl halides is 3. The van der Waals surface area contributed by atoms with Crippen LogP contribution in [0.1, 0.15) is 11.3 Å². The van der Waals surface area contributed by atoms with E-state index in [9.17, 15) is 23.3 Å². The number of pyridine rings is 1. The van der Waals surface area contributed by atoms with E-state index < -0.39 is 16.8 Å². The van der Waals surface area contributed by atoms with E-state index in [0.29, 0.717) is 11.1 Å². The summed E-state index contributed by atoms with van der Waals surface area (Å²) in [5.74, 6) is -0.247. The number of anilines is 2. The highest BCUT2D eigenvalue weighted by Crippen LogP contribution is 2.36. The minimum absolute atomic E-state index is 0.0809.